The molecule has 116 valence electrons. The zero-order chi connectivity index (χ0) is 13.2. The van der Waals surface area contributed by atoms with Crippen LogP contribution in [0.4, 0.5) is 0 Å². The van der Waals surface area contributed by atoms with E-state index in [9.17, 15) is 4.79 Å². The summed E-state index contributed by atoms with van der Waals surface area (Å²) >= 11 is 1.56. The molecule has 1 aliphatic carbocycles. The summed E-state index contributed by atoms with van der Waals surface area (Å²) in [6.07, 6.45) is 3.31. The monoisotopic (exact) mass is 347 g/mol. The molecule has 1 aromatic carbocycles. The van der Waals surface area contributed by atoms with Crippen LogP contribution in [0, 0.1) is 5.92 Å². The van der Waals surface area contributed by atoms with Crippen molar-refractivity contribution in [2.75, 3.05) is 6.54 Å². The summed E-state index contributed by atoms with van der Waals surface area (Å²) in [6, 6.07) is 5.88. The highest BCUT2D eigenvalue weighted by atomic mass is 35.5. The van der Waals surface area contributed by atoms with Gasteiger partial charge in [0, 0.05) is 11.6 Å². The van der Waals surface area contributed by atoms with E-state index in [-0.39, 0.29) is 36.8 Å². The highest BCUT2D eigenvalue weighted by molar-refractivity contribution is 7.16. The molecule has 7 heteroatoms. The van der Waals surface area contributed by atoms with E-state index in [1.807, 2.05) is 18.2 Å². The quantitative estimate of drug-likeness (QED) is 0.896. The number of fused-ring (bicyclic) bond motifs is 1. The zero-order valence-corrected chi connectivity index (χ0v) is 13.9. The predicted octanol–water partition coefficient (Wildman–Crippen LogP) is 3.00. The normalized spacial score (nSPS) is 20.6. The minimum atomic E-state index is 0. The van der Waals surface area contributed by atoms with Crippen molar-refractivity contribution < 1.29 is 4.79 Å². The number of nitrogens with zero attached hydrogens (tertiary/aromatic N) is 1. The van der Waals surface area contributed by atoms with Crippen LogP contribution in [-0.4, -0.2) is 23.5 Å². The number of carbonyl (C=O) groups is 1. The minimum Gasteiger partial charge on any atom is -0.349 e. The molecule has 3 rings (SSSR count). The van der Waals surface area contributed by atoms with Gasteiger partial charge < -0.3 is 11.1 Å². The fourth-order valence-corrected chi connectivity index (χ4v) is 3.47. The highest BCUT2D eigenvalue weighted by Gasteiger charge is 2.27. The second kappa shape index (κ2) is 7.94. The van der Waals surface area contributed by atoms with Crippen LogP contribution in [0.15, 0.2) is 23.7 Å². The van der Waals surface area contributed by atoms with Crippen molar-refractivity contribution in [2.24, 2.45) is 11.7 Å². The number of aromatic nitrogens is 1. The molecule has 1 saturated carbocycles. The fourth-order valence-electron chi connectivity index (χ4n) is 2.76. The lowest BCUT2D eigenvalue weighted by atomic mass is 10.0. The molecule has 0 aliphatic heterocycles. The molecule has 1 heterocycles. The van der Waals surface area contributed by atoms with Crippen LogP contribution in [0.1, 0.15) is 29.6 Å². The Morgan fingerprint density at radius 3 is 2.95 bits per heavy atom. The molecule has 2 unspecified atom stereocenters. The Hall–Kier alpha value is -0.880. The number of amides is 1. The van der Waals surface area contributed by atoms with Crippen LogP contribution >= 0.6 is 36.2 Å². The average molecular weight is 348 g/mol. The first-order valence-electron chi connectivity index (χ1n) is 6.62. The van der Waals surface area contributed by atoms with Gasteiger partial charge in [-0.1, -0.05) is 6.42 Å². The molecule has 1 aliphatic rings. The number of carbonyl (C=O) groups excluding carboxylic acids is 1. The van der Waals surface area contributed by atoms with E-state index >= 15 is 0 Å². The third-order valence-electron chi connectivity index (χ3n) is 3.87. The van der Waals surface area contributed by atoms with Gasteiger partial charge in [0.1, 0.15) is 0 Å². The summed E-state index contributed by atoms with van der Waals surface area (Å²) in [5, 5.41) is 3.12. The first-order chi connectivity index (χ1) is 9.28. The second-order valence-corrected chi connectivity index (χ2v) is 5.93. The minimum absolute atomic E-state index is 0. The van der Waals surface area contributed by atoms with Gasteiger partial charge in [0.25, 0.3) is 5.91 Å². The lowest BCUT2D eigenvalue weighted by Gasteiger charge is -2.19. The van der Waals surface area contributed by atoms with Crippen molar-refractivity contribution in [2.45, 2.75) is 25.3 Å². The first kappa shape index (κ1) is 18.2. The molecule has 4 nitrogen and oxygen atoms in total. The van der Waals surface area contributed by atoms with E-state index in [2.05, 4.69) is 10.3 Å². The molecule has 3 N–H and O–H groups in total. The van der Waals surface area contributed by atoms with Crippen LogP contribution in [0.5, 0.6) is 0 Å². The number of hydrogen-bond donors (Lipinski definition) is 2. The van der Waals surface area contributed by atoms with Crippen molar-refractivity contribution in [3.63, 3.8) is 0 Å². The van der Waals surface area contributed by atoms with Crippen LogP contribution in [0.2, 0.25) is 0 Å². The second-order valence-electron chi connectivity index (χ2n) is 5.04. The van der Waals surface area contributed by atoms with Gasteiger partial charge in [-0.2, -0.15) is 0 Å². The Labute approximate surface area is 140 Å². The van der Waals surface area contributed by atoms with E-state index in [0.717, 1.165) is 29.5 Å². The molecule has 21 heavy (non-hydrogen) atoms. The van der Waals surface area contributed by atoms with Gasteiger partial charge in [-0.25, -0.2) is 4.98 Å². The molecule has 0 saturated heterocycles. The van der Waals surface area contributed by atoms with Gasteiger partial charge >= 0.3 is 0 Å². The maximum Gasteiger partial charge on any atom is 0.251 e. The Morgan fingerprint density at radius 2 is 2.19 bits per heavy atom. The van der Waals surface area contributed by atoms with E-state index in [1.165, 1.54) is 0 Å². The molecule has 0 bridgehead atoms. The lowest BCUT2D eigenvalue weighted by molar-refractivity contribution is 0.0929. The highest BCUT2D eigenvalue weighted by Crippen LogP contribution is 2.25. The van der Waals surface area contributed by atoms with E-state index in [4.69, 9.17) is 5.73 Å². The van der Waals surface area contributed by atoms with Crippen molar-refractivity contribution in [1.29, 1.82) is 0 Å². The van der Waals surface area contributed by atoms with Crippen LogP contribution in [0.25, 0.3) is 10.2 Å². The summed E-state index contributed by atoms with van der Waals surface area (Å²) in [7, 11) is 0. The standard InChI is InChI=1S/C14H17N3OS.2ClH/c15-7-10-2-1-3-11(10)17-14(18)9-4-5-12-13(6-9)19-8-16-12;;/h4-6,8,10-11H,1-3,7,15H2,(H,17,18);2*1H. The molecule has 0 spiro atoms. The number of benzene rings is 1. The average Bonchev–Trinajstić information content (AvgIpc) is 3.05. The summed E-state index contributed by atoms with van der Waals surface area (Å²) in [4.78, 5) is 16.5. The molecule has 2 atom stereocenters. The SMILES string of the molecule is Cl.Cl.NCC1CCCC1NC(=O)c1ccc2ncsc2c1. The van der Waals surface area contributed by atoms with Crippen LogP contribution in [-0.2, 0) is 0 Å². The number of halogens is 2. The van der Waals surface area contributed by atoms with E-state index in [1.54, 1.807) is 16.8 Å². The van der Waals surface area contributed by atoms with E-state index < -0.39 is 0 Å². The smallest absolute Gasteiger partial charge is 0.251 e. The van der Waals surface area contributed by atoms with Gasteiger partial charge in [-0.15, -0.1) is 36.2 Å². The van der Waals surface area contributed by atoms with Gasteiger partial charge in [-0.3, -0.25) is 4.79 Å². The first-order valence-corrected chi connectivity index (χ1v) is 7.50. The summed E-state index contributed by atoms with van der Waals surface area (Å²) in [5.74, 6) is 0.428. The van der Waals surface area contributed by atoms with Crippen molar-refractivity contribution in [3.05, 3.63) is 29.3 Å². The summed E-state index contributed by atoms with van der Waals surface area (Å²) < 4.78 is 1.05. The van der Waals surface area contributed by atoms with Crippen molar-refractivity contribution in [1.82, 2.24) is 10.3 Å². The number of rotatable bonds is 3. The maximum atomic E-state index is 12.3. The molecule has 2 aromatic rings. The molecule has 1 amide bonds. The Balaban J connectivity index is 0.00000110. The Kier molecular flexibility index (Phi) is 6.87. The Morgan fingerprint density at radius 1 is 1.38 bits per heavy atom. The molecular formula is C14H19Cl2N3OS. The molecule has 1 aromatic heterocycles. The Bertz CT molecular complexity index is 605. The molecular weight excluding hydrogens is 329 g/mol. The van der Waals surface area contributed by atoms with E-state index in [0.29, 0.717) is 18.0 Å². The summed E-state index contributed by atoms with van der Waals surface area (Å²) in [5.41, 5.74) is 9.19. The van der Waals surface area contributed by atoms with Gasteiger partial charge in [-0.05, 0) is 43.5 Å². The predicted molar refractivity (Wildman–Crippen MR) is 91.8 cm³/mol. The van der Waals surface area contributed by atoms with Crippen molar-refractivity contribution in [3.8, 4) is 0 Å². The summed E-state index contributed by atoms with van der Waals surface area (Å²) in [6.45, 7) is 0.652. The number of hydrogen-bond acceptors (Lipinski definition) is 4. The topological polar surface area (TPSA) is 68.0 Å². The van der Waals surface area contributed by atoms with Gasteiger partial charge in [0.2, 0.25) is 0 Å². The number of nitrogens with one attached hydrogen (secondary N) is 1. The largest absolute Gasteiger partial charge is 0.349 e. The van der Waals surface area contributed by atoms with Gasteiger partial charge in [0.05, 0.1) is 15.7 Å². The van der Waals surface area contributed by atoms with Gasteiger partial charge in [0.15, 0.2) is 0 Å². The van der Waals surface area contributed by atoms with Crippen LogP contribution in [0.3, 0.4) is 0 Å². The lowest BCUT2D eigenvalue weighted by Crippen LogP contribution is -2.39. The third-order valence-corrected chi connectivity index (χ3v) is 4.66. The maximum absolute atomic E-state index is 12.3. The number of nitrogens with two attached hydrogens (primary N) is 1. The van der Waals surface area contributed by atoms with Crippen molar-refractivity contribution >= 4 is 52.3 Å². The molecule has 1 fully saturated rings. The third kappa shape index (κ3) is 3.86. The van der Waals surface area contributed by atoms with Crippen LogP contribution < -0.4 is 11.1 Å². The fraction of sp³-hybridized carbons (Fsp3) is 0.429. The molecule has 0 radical (unpaired) electrons. The zero-order valence-electron chi connectivity index (χ0n) is 11.5. The number of thiazole rings is 1.